The highest BCUT2D eigenvalue weighted by Crippen LogP contribution is 2.23. The SMILES string of the molecule is CCn1c(CC(=O)C(F)(F)F)nc2cc(Br)ccc21. The third-order valence-corrected chi connectivity index (χ3v) is 3.23. The number of carbonyl (C=O) groups is 1. The molecule has 102 valence electrons. The van der Waals surface area contributed by atoms with Crippen LogP contribution in [0, 0.1) is 0 Å². The number of Topliss-reactive ketones (excluding diaryl/α,β-unsaturated/α-hetero) is 1. The van der Waals surface area contributed by atoms with Gasteiger partial charge in [0.05, 0.1) is 17.5 Å². The first-order valence-corrected chi connectivity index (χ1v) is 6.37. The number of aryl methyl sites for hydroxylation is 1. The van der Waals surface area contributed by atoms with Crippen LogP contribution in [0.3, 0.4) is 0 Å². The minimum Gasteiger partial charge on any atom is -0.328 e. The number of halogens is 4. The lowest BCUT2D eigenvalue weighted by molar-refractivity contribution is -0.170. The largest absolute Gasteiger partial charge is 0.450 e. The number of benzene rings is 1. The first kappa shape index (κ1) is 14.0. The number of carbonyl (C=O) groups excluding carboxylic acids is 1. The van der Waals surface area contributed by atoms with Crippen molar-refractivity contribution in [2.75, 3.05) is 0 Å². The fourth-order valence-corrected chi connectivity index (χ4v) is 2.23. The van der Waals surface area contributed by atoms with Crippen molar-refractivity contribution in [2.24, 2.45) is 0 Å². The Labute approximate surface area is 115 Å². The third-order valence-electron chi connectivity index (χ3n) is 2.74. The van der Waals surface area contributed by atoms with Gasteiger partial charge in [0.2, 0.25) is 5.78 Å². The van der Waals surface area contributed by atoms with Crippen molar-refractivity contribution in [1.29, 1.82) is 0 Å². The van der Waals surface area contributed by atoms with Gasteiger partial charge in [0.15, 0.2) is 0 Å². The van der Waals surface area contributed by atoms with Crippen LogP contribution >= 0.6 is 15.9 Å². The molecule has 19 heavy (non-hydrogen) atoms. The molecule has 1 heterocycles. The van der Waals surface area contributed by atoms with Crippen LogP contribution in [-0.2, 0) is 17.8 Å². The zero-order chi connectivity index (χ0) is 14.2. The van der Waals surface area contributed by atoms with Gasteiger partial charge in [-0.25, -0.2) is 4.98 Å². The Morgan fingerprint density at radius 3 is 2.68 bits per heavy atom. The summed E-state index contributed by atoms with van der Waals surface area (Å²) in [7, 11) is 0. The Kier molecular flexibility index (Phi) is 3.66. The Balaban J connectivity index is 2.46. The van der Waals surface area contributed by atoms with E-state index in [1.165, 1.54) is 0 Å². The molecule has 0 spiro atoms. The Morgan fingerprint density at radius 2 is 2.11 bits per heavy atom. The monoisotopic (exact) mass is 334 g/mol. The fourth-order valence-electron chi connectivity index (χ4n) is 1.88. The predicted molar refractivity (Wildman–Crippen MR) is 67.9 cm³/mol. The van der Waals surface area contributed by atoms with Gasteiger partial charge in [0, 0.05) is 11.0 Å². The standard InChI is InChI=1S/C12H10BrF3N2O/c1-2-18-9-4-3-7(13)5-8(9)17-11(18)6-10(19)12(14,15)16/h3-5H,2,6H2,1H3. The van der Waals surface area contributed by atoms with E-state index in [0.29, 0.717) is 12.1 Å². The molecular weight excluding hydrogens is 325 g/mol. The van der Waals surface area contributed by atoms with Gasteiger partial charge in [-0.2, -0.15) is 13.2 Å². The molecule has 0 aliphatic carbocycles. The summed E-state index contributed by atoms with van der Waals surface area (Å²) in [4.78, 5) is 15.2. The molecule has 0 saturated carbocycles. The van der Waals surface area contributed by atoms with E-state index >= 15 is 0 Å². The summed E-state index contributed by atoms with van der Waals surface area (Å²) in [6.45, 7) is 2.25. The van der Waals surface area contributed by atoms with Crippen molar-refractivity contribution in [3.8, 4) is 0 Å². The number of alkyl halides is 3. The molecule has 7 heteroatoms. The van der Waals surface area contributed by atoms with Gasteiger partial charge < -0.3 is 4.57 Å². The topological polar surface area (TPSA) is 34.9 Å². The minimum absolute atomic E-state index is 0.137. The Hall–Kier alpha value is -1.37. The van der Waals surface area contributed by atoms with Crippen molar-refractivity contribution in [2.45, 2.75) is 26.1 Å². The second-order valence-corrected chi connectivity index (χ2v) is 4.92. The molecule has 0 unspecified atom stereocenters. The van der Waals surface area contributed by atoms with Gasteiger partial charge in [-0.15, -0.1) is 0 Å². The first-order chi connectivity index (χ1) is 8.82. The lowest BCUT2D eigenvalue weighted by Gasteiger charge is -2.07. The van der Waals surface area contributed by atoms with E-state index in [9.17, 15) is 18.0 Å². The van der Waals surface area contributed by atoms with E-state index in [1.54, 1.807) is 29.7 Å². The average molecular weight is 335 g/mol. The van der Waals surface area contributed by atoms with E-state index < -0.39 is 18.4 Å². The molecule has 1 aromatic carbocycles. The first-order valence-electron chi connectivity index (χ1n) is 5.57. The maximum absolute atomic E-state index is 12.3. The zero-order valence-corrected chi connectivity index (χ0v) is 11.5. The molecular formula is C12H10BrF3N2O. The predicted octanol–water partition coefficient (Wildman–Crippen LogP) is 3.49. The van der Waals surface area contributed by atoms with Crippen LogP contribution in [0.15, 0.2) is 22.7 Å². The second-order valence-electron chi connectivity index (χ2n) is 4.00. The molecule has 0 bridgehead atoms. The molecule has 0 aliphatic heterocycles. The van der Waals surface area contributed by atoms with Crippen LogP contribution in [-0.4, -0.2) is 21.5 Å². The number of fused-ring (bicyclic) bond motifs is 1. The molecule has 0 atom stereocenters. The summed E-state index contributed by atoms with van der Waals surface area (Å²) < 4.78 is 39.3. The quantitative estimate of drug-likeness (QED) is 0.861. The molecule has 0 fully saturated rings. The van der Waals surface area contributed by atoms with Crippen LogP contribution in [0.5, 0.6) is 0 Å². The van der Waals surface area contributed by atoms with Gasteiger partial charge in [-0.1, -0.05) is 15.9 Å². The number of hydrogen-bond donors (Lipinski definition) is 0. The summed E-state index contributed by atoms with van der Waals surface area (Å²) in [6, 6.07) is 5.26. The third kappa shape index (κ3) is 2.80. The molecule has 2 aromatic rings. The molecule has 0 N–H and O–H groups in total. The summed E-state index contributed by atoms with van der Waals surface area (Å²) in [5, 5.41) is 0. The van der Waals surface area contributed by atoms with Crippen molar-refractivity contribution in [1.82, 2.24) is 9.55 Å². The molecule has 0 radical (unpaired) electrons. The van der Waals surface area contributed by atoms with E-state index in [0.717, 1.165) is 9.99 Å². The highest BCUT2D eigenvalue weighted by molar-refractivity contribution is 9.10. The number of hydrogen-bond acceptors (Lipinski definition) is 2. The van der Waals surface area contributed by atoms with Gasteiger partial charge in [0.1, 0.15) is 5.82 Å². The number of nitrogens with zero attached hydrogens (tertiary/aromatic N) is 2. The molecule has 3 nitrogen and oxygen atoms in total. The molecule has 0 aliphatic rings. The lowest BCUT2D eigenvalue weighted by Crippen LogP contribution is -2.26. The van der Waals surface area contributed by atoms with Crippen molar-refractivity contribution < 1.29 is 18.0 Å². The van der Waals surface area contributed by atoms with Gasteiger partial charge in [-0.3, -0.25) is 4.79 Å². The average Bonchev–Trinajstić information content (AvgIpc) is 2.63. The highest BCUT2D eigenvalue weighted by atomic mass is 79.9. The number of imidazole rings is 1. The Morgan fingerprint density at radius 1 is 1.42 bits per heavy atom. The number of rotatable bonds is 3. The van der Waals surface area contributed by atoms with Crippen LogP contribution in [0.1, 0.15) is 12.7 Å². The van der Waals surface area contributed by atoms with Crippen LogP contribution in [0.25, 0.3) is 11.0 Å². The van der Waals surface area contributed by atoms with E-state index in [-0.39, 0.29) is 5.82 Å². The maximum Gasteiger partial charge on any atom is 0.450 e. The summed E-state index contributed by atoms with van der Waals surface area (Å²) in [5.41, 5.74) is 1.29. The highest BCUT2D eigenvalue weighted by Gasteiger charge is 2.38. The Bertz CT molecular complexity index is 634. The smallest absolute Gasteiger partial charge is 0.328 e. The van der Waals surface area contributed by atoms with E-state index in [2.05, 4.69) is 20.9 Å². The minimum atomic E-state index is -4.82. The van der Waals surface area contributed by atoms with E-state index in [4.69, 9.17) is 0 Å². The molecule has 1 aromatic heterocycles. The molecule has 0 amide bonds. The van der Waals surface area contributed by atoms with Crippen LogP contribution in [0.2, 0.25) is 0 Å². The lowest BCUT2D eigenvalue weighted by atomic mass is 10.2. The van der Waals surface area contributed by atoms with Crippen LogP contribution in [0.4, 0.5) is 13.2 Å². The van der Waals surface area contributed by atoms with Crippen LogP contribution < -0.4 is 0 Å². The summed E-state index contributed by atoms with van der Waals surface area (Å²) in [6.07, 6.45) is -5.55. The molecule has 2 rings (SSSR count). The van der Waals surface area contributed by atoms with Gasteiger partial charge in [0.25, 0.3) is 0 Å². The second kappa shape index (κ2) is 4.96. The summed E-state index contributed by atoms with van der Waals surface area (Å²) in [5.74, 6) is -1.64. The normalized spacial score (nSPS) is 12.1. The number of aromatic nitrogens is 2. The number of ketones is 1. The fraction of sp³-hybridized carbons (Fsp3) is 0.333. The summed E-state index contributed by atoms with van der Waals surface area (Å²) >= 11 is 3.27. The molecule has 0 saturated heterocycles. The van der Waals surface area contributed by atoms with Crippen molar-refractivity contribution in [3.05, 3.63) is 28.5 Å². The van der Waals surface area contributed by atoms with Crippen molar-refractivity contribution >= 4 is 32.7 Å². The maximum atomic E-state index is 12.3. The van der Waals surface area contributed by atoms with Gasteiger partial charge in [-0.05, 0) is 25.1 Å². The van der Waals surface area contributed by atoms with E-state index in [1.807, 2.05) is 0 Å². The van der Waals surface area contributed by atoms with Gasteiger partial charge >= 0.3 is 6.18 Å². The van der Waals surface area contributed by atoms with Crippen molar-refractivity contribution in [3.63, 3.8) is 0 Å². The zero-order valence-electron chi connectivity index (χ0n) is 9.96.